The number of pyridine rings is 1. The van der Waals surface area contributed by atoms with Crippen molar-refractivity contribution in [2.75, 3.05) is 7.05 Å². The number of carbonyl (C=O) groups excluding carboxylic acids is 2. The molecule has 6 heteroatoms. The summed E-state index contributed by atoms with van der Waals surface area (Å²) in [6, 6.07) is 21.8. The second kappa shape index (κ2) is 9.50. The van der Waals surface area contributed by atoms with Crippen molar-refractivity contribution in [3.8, 4) is 11.6 Å². The van der Waals surface area contributed by atoms with Gasteiger partial charge in [0.25, 0.3) is 5.91 Å². The van der Waals surface area contributed by atoms with E-state index in [9.17, 15) is 9.59 Å². The molecule has 0 radical (unpaired) electrons. The van der Waals surface area contributed by atoms with E-state index in [1.54, 1.807) is 38.2 Å². The van der Waals surface area contributed by atoms with Crippen LogP contribution in [0.25, 0.3) is 0 Å². The Morgan fingerprint density at radius 3 is 2.31 bits per heavy atom. The molecule has 1 atom stereocenters. The van der Waals surface area contributed by atoms with Crippen molar-refractivity contribution < 1.29 is 19.1 Å². The van der Waals surface area contributed by atoms with Crippen LogP contribution in [0.3, 0.4) is 0 Å². The minimum atomic E-state index is -0.944. The minimum Gasteiger partial charge on any atom is -0.449 e. The summed E-state index contributed by atoms with van der Waals surface area (Å²) < 4.78 is 11.1. The zero-order valence-electron chi connectivity index (χ0n) is 16.3. The molecule has 6 nitrogen and oxygen atoms in total. The maximum Gasteiger partial charge on any atom is 0.344 e. The van der Waals surface area contributed by atoms with Crippen LogP contribution in [0, 0.1) is 0 Å². The lowest BCUT2D eigenvalue weighted by Gasteiger charge is -2.21. The molecule has 1 amide bonds. The Hall–Kier alpha value is -3.67. The van der Waals surface area contributed by atoms with E-state index < -0.39 is 12.1 Å². The van der Waals surface area contributed by atoms with Gasteiger partial charge in [0.15, 0.2) is 6.10 Å². The summed E-state index contributed by atoms with van der Waals surface area (Å²) in [5.74, 6) is -0.289. The SMILES string of the molecule is C[C@@H](OC(=O)c1cccnc1Oc1ccccc1)C(=O)N(C)Cc1ccccc1. The van der Waals surface area contributed by atoms with Crippen LogP contribution in [-0.2, 0) is 16.1 Å². The smallest absolute Gasteiger partial charge is 0.344 e. The Kier molecular flexibility index (Phi) is 6.58. The van der Waals surface area contributed by atoms with Gasteiger partial charge in [0.05, 0.1) is 0 Å². The molecule has 148 valence electrons. The van der Waals surface area contributed by atoms with Gasteiger partial charge < -0.3 is 14.4 Å². The molecule has 0 spiro atoms. The molecule has 0 saturated heterocycles. The Labute approximate surface area is 169 Å². The first-order chi connectivity index (χ1) is 14.0. The summed E-state index contributed by atoms with van der Waals surface area (Å²) in [6.45, 7) is 1.98. The number of benzene rings is 2. The van der Waals surface area contributed by atoms with Crippen LogP contribution in [0.1, 0.15) is 22.8 Å². The predicted molar refractivity (Wildman–Crippen MR) is 109 cm³/mol. The largest absolute Gasteiger partial charge is 0.449 e. The highest BCUT2D eigenvalue weighted by molar-refractivity contribution is 5.94. The van der Waals surface area contributed by atoms with Crippen molar-refractivity contribution in [2.45, 2.75) is 19.6 Å². The van der Waals surface area contributed by atoms with Gasteiger partial charge in [0, 0.05) is 19.8 Å². The van der Waals surface area contributed by atoms with Crippen LogP contribution in [0.2, 0.25) is 0 Å². The van der Waals surface area contributed by atoms with Crippen LogP contribution in [0.15, 0.2) is 79.0 Å². The first-order valence-corrected chi connectivity index (χ1v) is 9.22. The molecule has 0 N–H and O–H groups in total. The predicted octanol–water partition coefficient (Wildman–Crippen LogP) is 4.08. The molecule has 0 aliphatic carbocycles. The summed E-state index contributed by atoms with van der Waals surface area (Å²) in [5.41, 5.74) is 1.15. The average molecular weight is 390 g/mol. The number of rotatable bonds is 7. The Bertz CT molecular complexity index is 961. The second-order valence-electron chi connectivity index (χ2n) is 6.50. The molecule has 1 aromatic heterocycles. The third-order valence-corrected chi connectivity index (χ3v) is 4.22. The first kappa shape index (κ1) is 20.1. The van der Waals surface area contributed by atoms with E-state index >= 15 is 0 Å². The van der Waals surface area contributed by atoms with Gasteiger partial charge in [-0.25, -0.2) is 9.78 Å². The number of nitrogens with zero attached hydrogens (tertiary/aromatic N) is 2. The molecule has 0 aliphatic rings. The van der Waals surface area contributed by atoms with Gasteiger partial charge in [-0.2, -0.15) is 0 Å². The van der Waals surface area contributed by atoms with Crippen LogP contribution in [-0.4, -0.2) is 34.9 Å². The summed E-state index contributed by atoms with van der Waals surface area (Å²) in [6.07, 6.45) is 0.582. The minimum absolute atomic E-state index is 0.126. The molecule has 0 saturated carbocycles. The fourth-order valence-electron chi connectivity index (χ4n) is 2.75. The normalized spacial score (nSPS) is 11.4. The van der Waals surface area contributed by atoms with E-state index in [1.807, 2.05) is 48.5 Å². The molecule has 2 aromatic carbocycles. The molecule has 3 aromatic rings. The van der Waals surface area contributed by atoms with E-state index in [-0.39, 0.29) is 17.4 Å². The second-order valence-corrected chi connectivity index (χ2v) is 6.50. The van der Waals surface area contributed by atoms with Crippen LogP contribution in [0.4, 0.5) is 0 Å². The summed E-state index contributed by atoms with van der Waals surface area (Å²) >= 11 is 0. The molecule has 0 bridgehead atoms. The fourth-order valence-corrected chi connectivity index (χ4v) is 2.75. The maximum atomic E-state index is 12.6. The number of ether oxygens (including phenoxy) is 2. The maximum absolute atomic E-state index is 12.6. The fraction of sp³-hybridized carbons (Fsp3) is 0.174. The van der Waals surface area contributed by atoms with Gasteiger partial charge >= 0.3 is 5.97 Å². The number of amides is 1. The molecular weight excluding hydrogens is 368 g/mol. The van der Waals surface area contributed by atoms with E-state index in [0.29, 0.717) is 12.3 Å². The zero-order chi connectivity index (χ0) is 20.6. The lowest BCUT2D eigenvalue weighted by molar-refractivity contribution is -0.139. The molecule has 0 aliphatic heterocycles. The number of hydrogen-bond donors (Lipinski definition) is 0. The number of likely N-dealkylation sites (N-methyl/N-ethyl adjacent to an activating group) is 1. The molecular formula is C23H22N2O4. The Morgan fingerprint density at radius 2 is 1.62 bits per heavy atom. The van der Waals surface area contributed by atoms with Crippen molar-refractivity contribution in [1.29, 1.82) is 0 Å². The molecule has 1 heterocycles. The first-order valence-electron chi connectivity index (χ1n) is 9.22. The molecule has 29 heavy (non-hydrogen) atoms. The van der Waals surface area contributed by atoms with Crippen molar-refractivity contribution in [2.24, 2.45) is 0 Å². The quantitative estimate of drug-likeness (QED) is 0.569. The van der Waals surface area contributed by atoms with Crippen LogP contribution < -0.4 is 4.74 Å². The number of para-hydroxylation sites is 1. The monoisotopic (exact) mass is 390 g/mol. The third-order valence-electron chi connectivity index (χ3n) is 4.22. The molecule has 0 unspecified atom stereocenters. The summed E-state index contributed by atoms with van der Waals surface area (Å²) in [4.78, 5) is 30.9. The lowest BCUT2D eigenvalue weighted by Crippen LogP contribution is -2.37. The van der Waals surface area contributed by atoms with Gasteiger partial charge in [-0.05, 0) is 36.8 Å². The highest BCUT2D eigenvalue weighted by atomic mass is 16.6. The zero-order valence-corrected chi connectivity index (χ0v) is 16.3. The highest BCUT2D eigenvalue weighted by Gasteiger charge is 2.24. The van der Waals surface area contributed by atoms with E-state index in [2.05, 4.69) is 4.98 Å². The Morgan fingerprint density at radius 1 is 0.966 bits per heavy atom. The van der Waals surface area contributed by atoms with Crippen molar-refractivity contribution >= 4 is 11.9 Å². The van der Waals surface area contributed by atoms with E-state index in [4.69, 9.17) is 9.47 Å². The van der Waals surface area contributed by atoms with E-state index in [1.165, 1.54) is 11.1 Å². The number of esters is 1. The van der Waals surface area contributed by atoms with E-state index in [0.717, 1.165) is 5.56 Å². The van der Waals surface area contributed by atoms with Crippen molar-refractivity contribution in [1.82, 2.24) is 9.88 Å². The van der Waals surface area contributed by atoms with Crippen molar-refractivity contribution in [3.63, 3.8) is 0 Å². The van der Waals surface area contributed by atoms with Gasteiger partial charge in [-0.15, -0.1) is 0 Å². The topological polar surface area (TPSA) is 68.7 Å². The highest BCUT2D eigenvalue weighted by Crippen LogP contribution is 2.23. The van der Waals surface area contributed by atoms with Gasteiger partial charge in [-0.1, -0.05) is 48.5 Å². The number of aromatic nitrogens is 1. The number of hydrogen-bond acceptors (Lipinski definition) is 5. The van der Waals surface area contributed by atoms with Crippen LogP contribution >= 0.6 is 0 Å². The standard InChI is InChI=1S/C23H22N2O4/c1-17(22(26)25(2)16-18-10-5-3-6-11-18)28-23(27)20-14-9-15-24-21(20)29-19-12-7-4-8-13-19/h3-15,17H,16H2,1-2H3/t17-/m1/s1. The van der Waals surface area contributed by atoms with Gasteiger partial charge in [-0.3, -0.25) is 4.79 Å². The van der Waals surface area contributed by atoms with Gasteiger partial charge in [0.1, 0.15) is 11.3 Å². The molecule has 3 rings (SSSR count). The molecule has 0 fully saturated rings. The summed E-state index contributed by atoms with van der Waals surface area (Å²) in [5, 5.41) is 0. The lowest BCUT2D eigenvalue weighted by atomic mass is 10.2. The number of carbonyl (C=O) groups is 2. The van der Waals surface area contributed by atoms with Gasteiger partial charge in [0.2, 0.25) is 5.88 Å². The third kappa shape index (κ3) is 5.42. The summed E-state index contributed by atoms with van der Waals surface area (Å²) in [7, 11) is 1.67. The van der Waals surface area contributed by atoms with Crippen molar-refractivity contribution in [3.05, 3.63) is 90.1 Å². The average Bonchev–Trinajstić information content (AvgIpc) is 2.75. The van der Waals surface area contributed by atoms with Crippen LogP contribution in [0.5, 0.6) is 11.6 Å². The Balaban J connectivity index is 1.66.